The minimum Gasteiger partial charge on any atom is -0.480 e. The third-order valence-corrected chi connectivity index (χ3v) is 5.74. The molecule has 3 heterocycles. The van der Waals surface area contributed by atoms with Crippen LogP contribution in [0.4, 0.5) is 19.0 Å². The molecule has 2 aliphatic rings. The second kappa shape index (κ2) is 8.15. The van der Waals surface area contributed by atoms with Gasteiger partial charge in [-0.1, -0.05) is 23.2 Å². The minimum absolute atomic E-state index is 0.0592. The van der Waals surface area contributed by atoms with Crippen LogP contribution in [0.5, 0.6) is 5.75 Å². The summed E-state index contributed by atoms with van der Waals surface area (Å²) in [4.78, 5) is 20.4. The molecule has 1 saturated heterocycles. The fourth-order valence-electron chi connectivity index (χ4n) is 3.73. The van der Waals surface area contributed by atoms with Crippen LogP contribution in [-0.2, 0) is 17.4 Å². The van der Waals surface area contributed by atoms with Gasteiger partial charge in [-0.15, -0.1) is 0 Å². The van der Waals surface area contributed by atoms with Crippen molar-refractivity contribution in [2.45, 2.75) is 25.1 Å². The number of halogens is 5. The minimum atomic E-state index is -4.50. The summed E-state index contributed by atoms with van der Waals surface area (Å²) in [6.45, 7) is 1.86. The quantitative estimate of drug-likeness (QED) is 0.665. The molecule has 5 nitrogen and oxygen atoms in total. The van der Waals surface area contributed by atoms with Gasteiger partial charge in [-0.3, -0.25) is 4.79 Å². The molecule has 4 rings (SSSR count). The normalized spacial score (nSPS) is 19.3. The average Bonchev–Trinajstić information content (AvgIpc) is 2.95. The first-order valence-electron chi connectivity index (χ1n) is 9.44. The van der Waals surface area contributed by atoms with Gasteiger partial charge in [0.1, 0.15) is 11.6 Å². The van der Waals surface area contributed by atoms with Crippen LogP contribution in [0.25, 0.3) is 0 Å². The Morgan fingerprint density at radius 3 is 2.67 bits per heavy atom. The highest BCUT2D eigenvalue weighted by molar-refractivity contribution is 6.33. The van der Waals surface area contributed by atoms with Gasteiger partial charge in [0, 0.05) is 43.8 Å². The van der Waals surface area contributed by atoms with Gasteiger partial charge in [0.2, 0.25) is 0 Å². The largest absolute Gasteiger partial charge is 0.480 e. The van der Waals surface area contributed by atoms with Crippen molar-refractivity contribution in [3.8, 4) is 5.75 Å². The van der Waals surface area contributed by atoms with Crippen molar-refractivity contribution in [1.29, 1.82) is 0 Å². The predicted octanol–water partition coefficient (Wildman–Crippen LogP) is 4.45. The monoisotopic (exact) mass is 459 g/mol. The van der Waals surface area contributed by atoms with E-state index in [-0.39, 0.29) is 16.7 Å². The van der Waals surface area contributed by atoms with E-state index in [9.17, 15) is 18.0 Å². The number of pyridine rings is 1. The Kier molecular flexibility index (Phi) is 5.72. The van der Waals surface area contributed by atoms with Crippen LogP contribution < -0.4 is 9.64 Å². The van der Waals surface area contributed by atoms with E-state index in [4.69, 9.17) is 27.9 Å². The SMILES string of the molecule is O=C(C1Cc2cc(Cl)ccc2O1)N1CCCN(c2ncc(C(F)(F)F)cc2Cl)CC1. The fourth-order valence-corrected chi connectivity index (χ4v) is 4.21. The Bertz CT molecular complexity index is 971. The first-order valence-corrected chi connectivity index (χ1v) is 10.2. The lowest BCUT2D eigenvalue weighted by atomic mass is 10.1. The zero-order valence-electron chi connectivity index (χ0n) is 15.8. The molecule has 1 unspecified atom stereocenters. The summed E-state index contributed by atoms with van der Waals surface area (Å²) in [6.07, 6.45) is -3.22. The number of nitrogens with zero attached hydrogens (tertiary/aromatic N) is 3. The summed E-state index contributed by atoms with van der Waals surface area (Å²) in [5, 5.41) is 0.535. The van der Waals surface area contributed by atoms with Crippen molar-refractivity contribution in [3.05, 3.63) is 51.6 Å². The number of aromatic nitrogens is 1. The molecule has 0 saturated carbocycles. The third-order valence-electron chi connectivity index (χ3n) is 5.23. The molecule has 0 bridgehead atoms. The van der Waals surface area contributed by atoms with Crippen LogP contribution in [0.15, 0.2) is 30.5 Å². The average molecular weight is 460 g/mol. The van der Waals surface area contributed by atoms with Crippen LogP contribution in [0.1, 0.15) is 17.5 Å². The lowest BCUT2D eigenvalue weighted by Gasteiger charge is -2.25. The summed E-state index contributed by atoms with van der Waals surface area (Å²) in [7, 11) is 0. The third kappa shape index (κ3) is 4.30. The molecule has 1 aromatic carbocycles. The van der Waals surface area contributed by atoms with Crippen molar-refractivity contribution in [1.82, 2.24) is 9.88 Å². The number of rotatable bonds is 2. The maximum absolute atomic E-state index is 13.0. The molecule has 0 radical (unpaired) electrons. The van der Waals surface area contributed by atoms with Crippen molar-refractivity contribution in [2.24, 2.45) is 0 Å². The lowest BCUT2D eigenvalue weighted by molar-refractivity contribution is -0.138. The second-order valence-electron chi connectivity index (χ2n) is 7.26. The summed E-state index contributed by atoms with van der Waals surface area (Å²) in [5.74, 6) is 0.837. The Balaban J connectivity index is 1.42. The van der Waals surface area contributed by atoms with Crippen LogP contribution in [0.3, 0.4) is 0 Å². The Hall–Kier alpha value is -2.19. The van der Waals surface area contributed by atoms with Crippen molar-refractivity contribution < 1.29 is 22.7 Å². The van der Waals surface area contributed by atoms with Crippen molar-refractivity contribution in [2.75, 3.05) is 31.1 Å². The molecule has 160 valence electrons. The van der Waals surface area contributed by atoms with E-state index in [0.29, 0.717) is 49.8 Å². The van der Waals surface area contributed by atoms with Crippen LogP contribution in [-0.4, -0.2) is 48.1 Å². The summed E-state index contributed by atoms with van der Waals surface area (Å²) in [6, 6.07) is 6.16. The van der Waals surface area contributed by atoms with Gasteiger partial charge in [-0.2, -0.15) is 13.2 Å². The van der Waals surface area contributed by atoms with E-state index in [0.717, 1.165) is 17.8 Å². The molecular formula is C20H18Cl2F3N3O2. The van der Waals surface area contributed by atoms with E-state index in [2.05, 4.69) is 4.98 Å². The summed E-state index contributed by atoms with van der Waals surface area (Å²) < 4.78 is 44.3. The zero-order chi connectivity index (χ0) is 21.5. The van der Waals surface area contributed by atoms with Crippen LogP contribution in [0.2, 0.25) is 10.0 Å². The molecule has 1 fully saturated rings. The van der Waals surface area contributed by atoms with Gasteiger partial charge in [0.15, 0.2) is 6.10 Å². The Morgan fingerprint density at radius 1 is 1.13 bits per heavy atom. The number of carbonyl (C=O) groups is 1. The Morgan fingerprint density at radius 2 is 1.93 bits per heavy atom. The summed E-state index contributed by atoms with van der Waals surface area (Å²) >= 11 is 12.1. The Labute approximate surface area is 181 Å². The van der Waals surface area contributed by atoms with Gasteiger partial charge >= 0.3 is 6.18 Å². The molecule has 0 spiro atoms. The molecular weight excluding hydrogens is 442 g/mol. The van der Waals surface area contributed by atoms with Gasteiger partial charge in [0.05, 0.1) is 10.6 Å². The summed E-state index contributed by atoms with van der Waals surface area (Å²) in [5.41, 5.74) is 0.0129. The first-order chi connectivity index (χ1) is 14.2. The number of anilines is 1. The lowest BCUT2D eigenvalue weighted by Crippen LogP contribution is -2.43. The number of hydrogen-bond donors (Lipinski definition) is 0. The van der Waals surface area contributed by atoms with Gasteiger partial charge in [-0.25, -0.2) is 4.98 Å². The number of benzene rings is 1. The van der Waals surface area contributed by atoms with Gasteiger partial charge in [0.25, 0.3) is 5.91 Å². The molecule has 1 atom stereocenters. The van der Waals surface area contributed by atoms with E-state index >= 15 is 0 Å². The maximum Gasteiger partial charge on any atom is 0.417 e. The molecule has 1 amide bonds. The van der Waals surface area contributed by atoms with Gasteiger partial charge in [-0.05, 0) is 36.2 Å². The fraction of sp³-hybridized carbons (Fsp3) is 0.400. The van der Waals surface area contributed by atoms with Crippen molar-refractivity contribution >= 4 is 34.9 Å². The molecule has 0 aliphatic carbocycles. The molecule has 2 aliphatic heterocycles. The van der Waals surface area contributed by atoms with Crippen LogP contribution in [0, 0.1) is 0 Å². The smallest absolute Gasteiger partial charge is 0.417 e. The second-order valence-corrected chi connectivity index (χ2v) is 8.10. The first kappa shape index (κ1) is 21.1. The number of hydrogen-bond acceptors (Lipinski definition) is 4. The highest BCUT2D eigenvalue weighted by Crippen LogP contribution is 2.34. The number of alkyl halides is 3. The number of amides is 1. The maximum atomic E-state index is 13.0. The predicted molar refractivity (Wildman–Crippen MR) is 107 cm³/mol. The number of carbonyl (C=O) groups excluding carboxylic acids is 1. The number of fused-ring (bicyclic) bond motifs is 1. The topological polar surface area (TPSA) is 45.7 Å². The molecule has 30 heavy (non-hydrogen) atoms. The van der Waals surface area contributed by atoms with E-state index in [1.54, 1.807) is 28.0 Å². The molecule has 1 aromatic heterocycles. The highest BCUT2D eigenvalue weighted by Gasteiger charge is 2.34. The van der Waals surface area contributed by atoms with Gasteiger partial charge < -0.3 is 14.5 Å². The van der Waals surface area contributed by atoms with E-state index in [1.807, 2.05) is 0 Å². The van der Waals surface area contributed by atoms with Crippen molar-refractivity contribution in [3.63, 3.8) is 0 Å². The number of ether oxygens (including phenoxy) is 1. The molecule has 2 aromatic rings. The van der Waals surface area contributed by atoms with Crippen LogP contribution >= 0.6 is 23.2 Å². The highest BCUT2D eigenvalue weighted by atomic mass is 35.5. The molecule has 10 heteroatoms. The van der Waals surface area contributed by atoms with E-state index in [1.165, 1.54) is 0 Å². The standard InChI is InChI=1S/C20H18Cl2F3N3O2/c21-14-2-3-16-12(8-14)9-17(30-16)19(29)28-5-1-4-27(6-7-28)18-15(22)10-13(11-26-18)20(23,24)25/h2-3,8,10-11,17H,1,4-7,9H2. The zero-order valence-corrected chi connectivity index (χ0v) is 17.3. The van der Waals surface area contributed by atoms with E-state index < -0.39 is 17.8 Å². The molecule has 0 N–H and O–H groups in total.